The Hall–Kier alpha value is -3.41. The number of fused-ring (bicyclic) bond motifs is 1. The van der Waals surface area contributed by atoms with E-state index in [1.165, 1.54) is 0 Å². The largest absolute Gasteiger partial charge is 0.489 e. The smallest absolute Gasteiger partial charge is 0.340 e. The van der Waals surface area contributed by atoms with Crippen LogP contribution in [0.25, 0.3) is 11.0 Å². The molecule has 0 unspecified atom stereocenters. The molecule has 0 radical (unpaired) electrons. The van der Waals surface area contributed by atoms with Gasteiger partial charge in [-0.3, -0.25) is 9.78 Å². The molecule has 0 aliphatic rings. The minimum atomic E-state index is -0.511. The minimum Gasteiger partial charge on any atom is -0.489 e. The van der Waals surface area contributed by atoms with Gasteiger partial charge < -0.3 is 14.5 Å². The van der Waals surface area contributed by atoms with E-state index in [4.69, 9.17) is 9.15 Å². The van der Waals surface area contributed by atoms with Crippen LogP contribution < -0.4 is 15.7 Å². The first-order valence-corrected chi connectivity index (χ1v) is 9.36. The molecule has 1 aromatic carbocycles. The summed E-state index contributed by atoms with van der Waals surface area (Å²) < 4.78 is 11.3. The van der Waals surface area contributed by atoms with Gasteiger partial charge in [0, 0.05) is 17.1 Å². The summed E-state index contributed by atoms with van der Waals surface area (Å²) in [6, 6.07) is 9.19. The Morgan fingerprint density at radius 3 is 2.69 bits per heavy atom. The van der Waals surface area contributed by atoms with Crippen LogP contribution in [0.2, 0.25) is 0 Å². The number of carbonyl (C=O) groups is 1. The molecule has 1 amide bonds. The molecule has 0 saturated carbocycles. The number of pyridine rings is 1. The summed E-state index contributed by atoms with van der Waals surface area (Å²) in [5.74, 6) is 0.382. The molecule has 0 aliphatic heterocycles. The Labute approximate surface area is 169 Å². The van der Waals surface area contributed by atoms with E-state index in [-0.39, 0.29) is 12.3 Å². The van der Waals surface area contributed by atoms with Crippen molar-refractivity contribution in [2.45, 2.75) is 33.7 Å². The zero-order chi connectivity index (χ0) is 21.0. The molecule has 6 nitrogen and oxygen atoms in total. The van der Waals surface area contributed by atoms with Gasteiger partial charge in [0.05, 0.1) is 24.2 Å². The molecule has 29 heavy (non-hydrogen) atoms. The third-order valence-electron chi connectivity index (χ3n) is 4.66. The van der Waals surface area contributed by atoms with E-state index >= 15 is 0 Å². The van der Waals surface area contributed by atoms with Crippen LogP contribution in [0.3, 0.4) is 0 Å². The maximum absolute atomic E-state index is 12.6. The highest BCUT2D eigenvalue weighted by Gasteiger charge is 2.17. The molecular formula is C23H24N2O4. The monoisotopic (exact) mass is 392 g/mol. The fraction of sp³-hybridized carbons (Fsp3) is 0.261. The number of aromatic nitrogens is 1. The molecule has 2 aromatic heterocycles. The van der Waals surface area contributed by atoms with Crippen LogP contribution in [0.1, 0.15) is 29.3 Å². The highest BCUT2D eigenvalue weighted by atomic mass is 16.5. The number of aryl methyl sites for hydroxylation is 2. The zero-order valence-corrected chi connectivity index (χ0v) is 16.9. The van der Waals surface area contributed by atoms with Gasteiger partial charge in [0.25, 0.3) is 0 Å². The average molecular weight is 392 g/mol. The summed E-state index contributed by atoms with van der Waals surface area (Å²) in [5.41, 5.74) is 3.45. The number of amides is 1. The highest BCUT2D eigenvalue weighted by Crippen LogP contribution is 2.29. The lowest BCUT2D eigenvalue weighted by molar-refractivity contribution is -0.120. The van der Waals surface area contributed by atoms with Crippen molar-refractivity contribution in [2.75, 3.05) is 6.61 Å². The SMILES string of the molecule is C=C(C)COc1ccc2c(C)c(CC(=O)NCc3ccccn3)c(=O)oc2c1C. The molecule has 1 N–H and O–H groups in total. The topological polar surface area (TPSA) is 81.4 Å². The van der Waals surface area contributed by atoms with Crippen molar-refractivity contribution in [3.8, 4) is 5.75 Å². The third-order valence-corrected chi connectivity index (χ3v) is 4.66. The van der Waals surface area contributed by atoms with Crippen LogP contribution in [0.15, 0.2) is 57.9 Å². The number of rotatable bonds is 7. The number of nitrogens with one attached hydrogen (secondary N) is 1. The molecule has 150 valence electrons. The lowest BCUT2D eigenvalue weighted by Crippen LogP contribution is -2.27. The van der Waals surface area contributed by atoms with Gasteiger partial charge in [-0.15, -0.1) is 0 Å². The molecule has 0 fully saturated rings. The molecule has 3 aromatic rings. The van der Waals surface area contributed by atoms with Crippen molar-refractivity contribution in [3.05, 3.63) is 81.5 Å². The second-order valence-electron chi connectivity index (χ2n) is 7.08. The fourth-order valence-corrected chi connectivity index (χ4v) is 3.05. The van der Waals surface area contributed by atoms with E-state index < -0.39 is 5.63 Å². The van der Waals surface area contributed by atoms with Crippen LogP contribution in [-0.4, -0.2) is 17.5 Å². The Morgan fingerprint density at radius 1 is 1.21 bits per heavy atom. The van der Waals surface area contributed by atoms with Crippen molar-refractivity contribution in [3.63, 3.8) is 0 Å². The molecule has 0 aliphatic carbocycles. The quantitative estimate of drug-likeness (QED) is 0.491. The van der Waals surface area contributed by atoms with E-state index in [0.29, 0.717) is 30.0 Å². The van der Waals surface area contributed by atoms with E-state index in [0.717, 1.165) is 27.8 Å². The first-order valence-electron chi connectivity index (χ1n) is 9.36. The molecule has 6 heteroatoms. The second kappa shape index (κ2) is 8.73. The number of carbonyl (C=O) groups excluding carboxylic acids is 1. The lowest BCUT2D eigenvalue weighted by Gasteiger charge is -2.13. The Morgan fingerprint density at radius 2 is 2.00 bits per heavy atom. The van der Waals surface area contributed by atoms with Gasteiger partial charge in [-0.1, -0.05) is 12.6 Å². The number of nitrogens with zero attached hydrogens (tertiary/aromatic N) is 1. The number of hydrogen-bond donors (Lipinski definition) is 1. The van der Waals surface area contributed by atoms with Crippen LogP contribution in [0.5, 0.6) is 5.75 Å². The van der Waals surface area contributed by atoms with Gasteiger partial charge in [-0.05, 0) is 56.2 Å². The molecule has 0 spiro atoms. The summed E-state index contributed by atoms with van der Waals surface area (Å²) in [6.07, 6.45) is 1.62. The number of hydrogen-bond acceptors (Lipinski definition) is 5. The molecular weight excluding hydrogens is 368 g/mol. The highest BCUT2D eigenvalue weighted by molar-refractivity contribution is 5.87. The van der Waals surface area contributed by atoms with Gasteiger partial charge in [-0.2, -0.15) is 0 Å². The lowest BCUT2D eigenvalue weighted by atomic mass is 10.0. The predicted molar refractivity (Wildman–Crippen MR) is 112 cm³/mol. The Kier molecular flexibility index (Phi) is 6.12. The summed E-state index contributed by atoms with van der Waals surface area (Å²) in [7, 11) is 0. The third kappa shape index (κ3) is 4.71. The first-order chi connectivity index (χ1) is 13.9. The summed E-state index contributed by atoms with van der Waals surface area (Å²) >= 11 is 0. The van der Waals surface area contributed by atoms with Crippen LogP contribution in [0, 0.1) is 13.8 Å². The molecule has 0 saturated heterocycles. The standard InChI is InChI=1S/C23H24N2O4/c1-14(2)13-28-20-9-8-18-15(3)19(23(27)29-22(18)16(20)4)11-21(26)25-12-17-7-5-6-10-24-17/h5-10H,1,11-13H2,2-4H3,(H,25,26). The summed E-state index contributed by atoms with van der Waals surface area (Å²) in [5, 5.41) is 3.58. The Balaban J connectivity index is 1.83. The van der Waals surface area contributed by atoms with Crippen molar-refractivity contribution in [2.24, 2.45) is 0 Å². The first kappa shape index (κ1) is 20.3. The average Bonchev–Trinajstić information content (AvgIpc) is 2.70. The minimum absolute atomic E-state index is 0.0517. The van der Waals surface area contributed by atoms with Gasteiger partial charge >= 0.3 is 5.63 Å². The van der Waals surface area contributed by atoms with Crippen LogP contribution in [-0.2, 0) is 17.8 Å². The zero-order valence-electron chi connectivity index (χ0n) is 16.9. The van der Waals surface area contributed by atoms with Gasteiger partial charge in [-0.25, -0.2) is 4.79 Å². The van der Waals surface area contributed by atoms with Crippen molar-refractivity contribution >= 4 is 16.9 Å². The maximum Gasteiger partial charge on any atom is 0.340 e. The number of ether oxygens (including phenoxy) is 1. The van der Waals surface area contributed by atoms with Gasteiger partial charge in [0.1, 0.15) is 17.9 Å². The van der Waals surface area contributed by atoms with Crippen molar-refractivity contribution < 1.29 is 13.9 Å². The maximum atomic E-state index is 12.6. The van der Waals surface area contributed by atoms with E-state index in [2.05, 4.69) is 16.9 Å². The predicted octanol–water partition coefficient (Wildman–Crippen LogP) is 3.62. The molecule has 2 heterocycles. The normalized spacial score (nSPS) is 10.7. The number of benzene rings is 1. The van der Waals surface area contributed by atoms with Crippen LogP contribution >= 0.6 is 0 Å². The van der Waals surface area contributed by atoms with E-state index in [1.54, 1.807) is 6.20 Å². The second-order valence-corrected chi connectivity index (χ2v) is 7.08. The van der Waals surface area contributed by atoms with Crippen molar-refractivity contribution in [1.82, 2.24) is 10.3 Å². The van der Waals surface area contributed by atoms with Crippen molar-refractivity contribution in [1.29, 1.82) is 0 Å². The molecule has 3 rings (SSSR count). The summed E-state index contributed by atoms with van der Waals surface area (Å²) in [6.45, 7) is 10.1. The van der Waals surface area contributed by atoms with Gasteiger partial charge in [0.15, 0.2) is 0 Å². The molecule has 0 atom stereocenters. The van der Waals surface area contributed by atoms with Gasteiger partial charge in [0.2, 0.25) is 5.91 Å². The fourth-order valence-electron chi connectivity index (χ4n) is 3.05. The van der Waals surface area contributed by atoms with Crippen LogP contribution in [0.4, 0.5) is 0 Å². The molecule has 0 bridgehead atoms. The van der Waals surface area contributed by atoms with E-state index in [9.17, 15) is 9.59 Å². The van der Waals surface area contributed by atoms with E-state index in [1.807, 2.05) is 51.1 Å². The summed E-state index contributed by atoms with van der Waals surface area (Å²) in [4.78, 5) is 29.1. The Bertz CT molecular complexity index is 1120.